The fourth-order valence-electron chi connectivity index (χ4n) is 2.53. The van der Waals surface area contributed by atoms with Gasteiger partial charge in [0.2, 0.25) is 0 Å². The van der Waals surface area contributed by atoms with Gasteiger partial charge in [-0.1, -0.05) is 19.1 Å². The molecule has 0 aliphatic heterocycles. The predicted octanol–water partition coefficient (Wildman–Crippen LogP) is 4.46. The summed E-state index contributed by atoms with van der Waals surface area (Å²) in [5, 5.41) is 3.39. The Labute approximate surface area is 124 Å². The van der Waals surface area contributed by atoms with Crippen LogP contribution in [0.3, 0.4) is 0 Å². The van der Waals surface area contributed by atoms with E-state index in [9.17, 15) is 8.78 Å². The zero-order valence-corrected chi connectivity index (χ0v) is 12.7. The van der Waals surface area contributed by atoms with Crippen molar-refractivity contribution in [3.05, 3.63) is 58.5 Å². The molecule has 0 bridgehead atoms. The first kappa shape index (κ1) is 15.7. The van der Waals surface area contributed by atoms with E-state index >= 15 is 0 Å². The van der Waals surface area contributed by atoms with E-state index in [4.69, 9.17) is 4.42 Å². The van der Waals surface area contributed by atoms with Gasteiger partial charge in [0.05, 0.1) is 0 Å². The van der Waals surface area contributed by atoms with Gasteiger partial charge in [0.15, 0.2) is 11.6 Å². The molecule has 0 fully saturated rings. The van der Waals surface area contributed by atoms with Gasteiger partial charge in [0, 0.05) is 11.6 Å². The summed E-state index contributed by atoms with van der Waals surface area (Å²) in [7, 11) is 0. The summed E-state index contributed by atoms with van der Waals surface area (Å²) in [5.41, 5.74) is 1.38. The molecule has 2 rings (SSSR count). The first-order valence-electron chi connectivity index (χ1n) is 7.26. The van der Waals surface area contributed by atoms with Gasteiger partial charge >= 0.3 is 0 Å². The highest BCUT2D eigenvalue weighted by atomic mass is 19.2. The number of aryl methyl sites for hydroxylation is 2. The van der Waals surface area contributed by atoms with Crippen molar-refractivity contribution in [1.29, 1.82) is 0 Å². The number of hydrogen-bond donors (Lipinski definition) is 1. The minimum absolute atomic E-state index is 0.0845. The molecule has 21 heavy (non-hydrogen) atoms. The van der Waals surface area contributed by atoms with E-state index in [1.54, 1.807) is 6.07 Å². The Kier molecular flexibility index (Phi) is 5.12. The molecular formula is C17H21F2NO. The summed E-state index contributed by atoms with van der Waals surface area (Å²) in [6, 6.07) is 6.18. The second-order valence-corrected chi connectivity index (χ2v) is 5.29. The van der Waals surface area contributed by atoms with E-state index in [0.29, 0.717) is 12.0 Å². The molecule has 1 atom stereocenters. The molecule has 0 saturated carbocycles. The maximum Gasteiger partial charge on any atom is 0.162 e. The van der Waals surface area contributed by atoms with Gasteiger partial charge in [-0.2, -0.15) is 0 Å². The van der Waals surface area contributed by atoms with E-state index in [1.807, 2.05) is 19.9 Å². The van der Waals surface area contributed by atoms with Gasteiger partial charge < -0.3 is 9.73 Å². The van der Waals surface area contributed by atoms with Crippen LogP contribution in [0, 0.1) is 25.5 Å². The lowest BCUT2D eigenvalue weighted by Crippen LogP contribution is -2.24. The topological polar surface area (TPSA) is 25.2 Å². The summed E-state index contributed by atoms with van der Waals surface area (Å²) in [6.45, 7) is 6.66. The van der Waals surface area contributed by atoms with Gasteiger partial charge in [0.1, 0.15) is 11.5 Å². The molecule has 1 aromatic heterocycles. The van der Waals surface area contributed by atoms with Crippen LogP contribution in [0.2, 0.25) is 0 Å². The maximum absolute atomic E-state index is 13.9. The van der Waals surface area contributed by atoms with Crippen molar-refractivity contribution in [2.24, 2.45) is 0 Å². The van der Waals surface area contributed by atoms with Crippen molar-refractivity contribution < 1.29 is 13.2 Å². The fourth-order valence-corrected chi connectivity index (χ4v) is 2.53. The molecule has 0 amide bonds. The third kappa shape index (κ3) is 3.70. The number of hydrogen-bond acceptors (Lipinski definition) is 2. The summed E-state index contributed by atoms with van der Waals surface area (Å²) >= 11 is 0. The smallest absolute Gasteiger partial charge is 0.162 e. The highest BCUT2D eigenvalue weighted by Gasteiger charge is 2.19. The molecule has 2 nitrogen and oxygen atoms in total. The molecule has 1 aromatic carbocycles. The number of rotatable bonds is 6. The lowest BCUT2D eigenvalue weighted by atomic mass is 9.98. The van der Waals surface area contributed by atoms with Crippen LogP contribution in [0.5, 0.6) is 0 Å². The van der Waals surface area contributed by atoms with E-state index in [2.05, 4.69) is 12.2 Å². The van der Waals surface area contributed by atoms with Crippen LogP contribution in [0.15, 0.2) is 28.7 Å². The average molecular weight is 293 g/mol. The van der Waals surface area contributed by atoms with E-state index in [0.717, 1.165) is 36.1 Å². The van der Waals surface area contributed by atoms with Crippen molar-refractivity contribution in [2.75, 3.05) is 6.54 Å². The van der Waals surface area contributed by atoms with Gasteiger partial charge in [-0.15, -0.1) is 0 Å². The van der Waals surface area contributed by atoms with E-state index in [1.165, 1.54) is 6.07 Å². The Balaban J connectivity index is 2.28. The van der Waals surface area contributed by atoms with Crippen LogP contribution in [0.1, 0.15) is 42.0 Å². The second-order valence-electron chi connectivity index (χ2n) is 5.29. The average Bonchev–Trinajstić information content (AvgIpc) is 2.78. The fraction of sp³-hybridized carbons (Fsp3) is 0.412. The maximum atomic E-state index is 13.9. The Morgan fingerprint density at radius 1 is 1.24 bits per heavy atom. The lowest BCUT2D eigenvalue weighted by Gasteiger charge is -2.18. The largest absolute Gasteiger partial charge is 0.466 e. The molecule has 4 heteroatoms. The lowest BCUT2D eigenvalue weighted by molar-refractivity contribution is 0.464. The van der Waals surface area contributed by atoms with E-state index < -0.39 is 11.6 Å². The molecule has 0 aliphatic carbocycles. The van der Waals surface area contributed by atoms with Crippen molar-refractivity contribution >= 4 is 0 Å². The zero-order chi connectivity index (χ0) is 15.4. The predicted molar refractivity (Wildman–Crippen MR) is 79.3 cm³/mol. The molecule has 0 radical (unpaired) electrons. The summed E-state index contributed by atoms with van der Waals surface area (Å²) in [6.07, 6.45) is 1.36. The number of halogens is 2. The van der Waals surface area contributed by atoms with Crippen molar-refractivity contribution in [1.82, 2.24) is 5.32 Å². The molecule has 0 spiro atoms. The zero-order valence-electron chi connectivity index (χ0n) is 12.7. The molecule has 1 N–H and O–H groups in total. The van der Waals surface area contributed by atoms with E-state index in [-0.39, 0.29) is 6.04 Å². The van der Waals surface area contributed by atoms with Gasteiger partial charge in [0.25, 0.3) is 0 Å². The molecule has 0 saturated heterocycles. The standard InChI is InChI=1S/C17H21F2NO/c1-4-8-20-16(14-9-11(2)21-12(14)3)10-13-6-5-7-15(18)17(13)19/h5-7,9,16,20H,4,8,10H2,1-3H3. The SMILES string of the molecule is CCCNC(Cc1cccc(F)c1F)c1cc(C)oc1C. The summed E-state index contributed by atoms with van der Waals surface area (Å²) in [5.74, 6) is 0.0731. The Hall–Kier alpha value is -1.68. The second kappa shape index (κ2) is 6.85. The number of nitrogens with one attached hydrogen (secondary N) is 1. The molecule has 1 heterocycles. The third-order valence-electron chi connectivity index (χ3n) is 3.55. The summed E-state index contributed by atoms with van der Waals surface area (Å²) < 4.78 is 32.8. The highest BCUT2D eigenvalue weighted by molar-refractivity contribution is 5.28. The van der Waals surface area contributed by atoms with Gasteiger partial charge in [-0.3, -0.25) is 0 Å². The van der Waals surface area contributed by atoms with Gasteiger partial charge in [-0.05, 0) is 50.9 Å². The third-order valence-corrected chi connectivity index (χ3v) is 3.55. The summed E-state index contributed by atoms with van der Waals surface area (Å²) in [4.78, 5) is 0. The molecule has 114 valence electrons. The van der Waals surface area contributed by atoms with Crippen molar-refractivity contribution in [2.45, 2.75) is 39.7 Å². The number of furan rings is 1. The van der Waals surface area contributed by atoms with Crippen molar-refractivity contribution in [3.8, 4) is 0 Å². The van der Waals surface area contributed by atoms with Crippen LogP contribution >= 0.6 is 0 Å². The van der Waals surface area contributed by atoms with Gasteiger partial charge in [-0.25, -0.2) is 8.78 Å². The Morgan fingerprint density at radius 2 is 2.00 bits per heavy atom. The number of benzene rings is 1. The highest BCUT2D eigenvalue weighted by Crippen LogP contribution is 2.26. The Morgan fingerprint density at radius 3 is 2.62 bits per heavy atom. The van der Waals surface area contributed by atoms with Crippen LogP contribution in [-0.2, 0) is 6.42 Å². The van der Waals surface area contributed by atoms with Crippen molar-refractivity contribution in [3.63, 3.8) is 0 Å². The van der Waals surface area contributed by atoms with Crippen LogP contribution in [0.4, 0.5) is 8.78 Å². The molecular weight excluding hydrogens is 272 g/mol. The van der Waals surface area contributed by atoms with Crippen LogP contribution < -0.4 is 5.32 Å². The minimum Gasteiger partial charge on any atom is -0.466 e. The molecule has 0 aliphatic rings. The molecule has 1 unspecified atom stereocenters. The molecule has 2 aromatic rings. The first-order valence-corrected chi connectivity index (χ1v) is 7.26. The Bertz CT molecular complexity index is 607. The monoisotopic (exact) mass is 293 g/mol. The first-order chi connectivity index (χ1) is 10.0. The quantitative estimate of drug-likeness (QED) is 0.850. The normalized spacial score (nSPS) is 12.6. The van der Waals surface area contributed by atoms with Crippen LogP contribution in [0.25, 0.3) is 0 Å². The van der Waals surface area contributed by atoms with Crippen LogP contribution in [-0.4, -0.2) is 6.54 Å². The minimum atomic E-state index is -0.804.